The van der Waals surface area contributed by atoms with E-state index in [0.717, 1.165) is 31.5 Å². The highest BCUT2D eigenvalue weighted by Gasteiger charge is 2.24. The number of hydrogen-bond donors (Lipinski definition) is 0. The quantitative estimate of drug-likeness (QED) is 0.797. The molecule has 0 N–H and O–H groups in total. The van der Waals surface area contributed by atoms with Crippen LogP contribution in [-0.2, 0) is 0 Å². The lowest BCUT2D eigenvalue weighted by Gasteiger charge is -2.35. The molecule has 0 aromatic heterocycles. The molecule has 0 unspecified atom stereocenters. The van der Waals surface area contributed by atoms with E-state index >= 15 is 0 Å². The van der Waals surface area contributed by atoms with E-state index in [1.54, 1.807) is 0 Å². The first-order valence-electron chi connectivity index (χ1n) is 7.70. The third-order valence-electron chi connectivity index (χ3n) is 4.03. The summed E-state index contributed by atoms with van der Waals surface area (Å²) in [5, 5.41) is 0.563. The van der Waals surface area contributed by atoms with E-state index in [9.17, 15) is 4.79 Å². The summed E-state index contributed by atoms with van der Waals surface area (Å²) in [5.41, 5.74) is 0.796. The Morgan fingerprint density at radius 3 is 2.33 bits per heavy atom. The van der Waals surface area contributed by atoms with Crippen LogP contribution in [0, 0.1) is 0 Å². The molecule has 2 rings (SSSR count). The second-order valence-corrected chi connectivity index (χ2v) is 7.79. The van der Waals surface area contributed by atoms with Gasteiger partial charge in [0.25, 0.3) is 5.91 Å². The monoisotopic (exact) mass is 306 g/mol. The summed E-state index contributed by atoms with van der Waals surface area (Å²) in [6.45, 7) is 6.51. The number of likely N-dealkylation sites (tertiary alicyclic amines) is 1. The van der Waals surface area contributed by atoms with E-state index in [-0.39, 0.29) is 5.91 Å². The normalized spacial score (nSPS) is 17.2. The average molecular weight is 306 g/mol. The van der Waals surface area contributed by atoms with Crippen molar-refractivity contribution in [1.82, 2.24) is 9.80 Å². The van der Waals surface area contributed by atoms with Crippen LogP contribution in [0.2, 0.25) is 0 Å². The first-order chi connectivity index (χ1) is 9.97. The van der Waals surface area contributed by atoms with E-state index in [2.05, 4.69) is 37.9 Å². The Kier molecular flexibility index (Phi) is 5.71. The molecular weight excluding hydrogens is 280 g/mol. The lowest BCUT2D eigenvalue weighted by atomic mass is 10.0. The molecule has 1 saturated heterocycles. The molecule has 4 heteroatoms. The number of rotatable bonds is 4. The number of thioether (sulfide) groups is 1. The highest BCUT2D eigenvalue weighted by Crippen LogP contribution is 2.24. The van der Waals surface area contributed by atoms with Gasteiger partial charge in [-0.1, -0.05) is 13.8 Å². The van der Waals surface area contributed by atoms with E-state index < -0.39 is 0 Å². The summed E-state index contributed by atoms with van der Waals surface area (Å²) in [6, 6.07) is 8.40. The molecule has 1 amide bonds. The van der Waals surface area contributed by atoms with Crippen molar-refractivity contribution in [2.45, 2.75) is 42.9 Å². The first-order valence-corrected chi connectivity index (χ1v) is 8.57. The Morgan fingerprint density at radius 1 is 1.24 bits per heavy atom. The van der Waals surface area contributed by atoms with Crippen molar-refractivity contribution in [3.05, 3.63) is 29.8 Å². The maximum Gasteiger partial charge on any atom is 0.253 e. The molecule has 0 radical (unpaired) electrons. The molecule has 21 heavy (non-hydrogen) atoms. The van der Waals surface area contributed by atoms with Crippen LogP contribution >= 0.6 is 11.8 Å². The Bertz CT molecular complexity index is 464. The first kappa shape index (κ1) is 16.4. The summed E-state index contributed by atoms with van der Waals surface area (Å²) < 4.78 is 0. The zero-order valence-electron chi connectivity index (χ0n) is 13.5. The van der Waals surface area contributed by atoms with Crippen LogP contribution < -0.4 is 0 Å². The Hall–Kier alpha value is -1.00. The van der Waals surface area contributed by atoms with Crippen LogP contribution in [0.3, 0.4) is 0 Å². The van der Waals surface area contributed by atoms with Gasteiger partial charge in [-0.25, -0.2) is 0 Å². The van der Waals surface area contributed by atoms with E-state index in [1.807, 2.05) is 35.8 Å². The van der Waals surface area contributed by atoms with E-state index in [0.29, 0.717) is 11.3 Å². The van der Waals surface area contributed by atoms with Gasteiger partial charge >= 0.3 is 0 Å². The summed E-state index contributed by atoms with van der Waals surface area (Å²) >= 11 is 1.83. The van der Waals surface area contributed by atoms with Gasteiger partial charge in [0.1, 0.15) is 0 Å². The summed E-state index contributed by atoms with van der Waals surface area (Å²) in [6.07, 6.45) is 2.14. The van der Waals surface area contributed by atoms with Gasteiger partial charge in [-0.2, -0.15) is 0 Å². The van der Waals surface area contributed by atoms with Crippen LogP contribution in [0.25, 0.3) is 0 Å². The predicted molar refractivity (Wildman–Crippen MR) is 90.0 cm³/mol. The minimum Gasteiger partial charge on any atom is -0.339 e. The number of benzene rings is 1. The van der Waals surface area contributed by atoms with Gasteiger partial charge in [-0.3, -0.25) is 4.79 Å². The largest absolute Gasteiger partial charge is 0.339 e. The molecule has 1 aliphatic rings. The fourth-order valence-electron chi connectivity index (χ4n) is 2.70. The molecule has 1 fully saturated rings. The third-order valence-corrected chi connectivity index (χ3v) is 5.04. The predicted octanol–water partition coefficient (Wildman–Crippen LogP) is 3.35. The molecule has 1 aromatic rings. The van der Waals surface area contributed by atoms with Gasteiger partial charge < -0.3 is 9.80 Å². The van der Waals surface area contributed by atoms with Crippen LogP contribution in [0.15, 0.2) is 29.2 Å². The van der Waals surface area contributed by atoms with Crippen LogP contribution in [0.5, 0.6) is 0 Å². The molecule has 0 atom stereocenters. The highest BCUT2D eigenvalue weighted by atomic mass is 32.2. The molecule has 0 aliphatic carbocycles. The molecule has 0 saturated carbocycles. The van der Waals surface area contributed by atoms with Crippen LogP contribution in [0.4, 0.5) is 0 Å². The minimum absolute atomic E-state index is 0.144. The second kappa shape index (κ2) is 7.32. The van der Waals surface area contributed by atoms with Gasteiger partial charge in [-0.05, 0) is 57.2 Å². The van der Waals surface area contributed by atoms with Gasteiger partial charge in [0.15, 0.2) is 0 Å². The number of nitrogens with zero attached hydrogens (tertiary/aromatic N) is 2. The van der Waals surface area contributed by atoms with Crippen molar-refractivity contribution in [2.24, 2.45) is 0 Å². The second-order valence-electron chi connectivity index (χ2n) is 6.14. The van der Waals surface area contributed by atoms with Crippen molar-refractivity contribution in [1.29, 1.82) is 0 Å². The zero-order valence-corrected chi connectivity index (χ0v) is 14.3. The van der Waals surface area contributed by atoms with Crippen molar-refractivity contribution in [3.8, 4) is 0 Å². The standard InChI is InChI=1S/C17H26N2OS/c1-13(2)21-16-7-5-14(6-8-16)17(20)19(4)15-9-11-18(3)12-10-15/h5-8,13,15H,9-12H2,1-4H3. The van der Waals surface area contributed by atoms with Crippen molar-refractivity contribution in [3.63, 3.8) is 0 Å². The highest BCUT2D eigenvalue weighted by molar-refractivity contribution is 7.99. The lowest BCUT2D eigenvalue weighted by molar-refractivity contribution is 0.0659. The molecular formula is C17H26N2OS. The summed E-state index contributed by atoms with van der Waals surface area (Å²) in [5.74, 6) is 0.144. The lowest BCUT2D eigenvalue weighted by Crippen LogP contribution is -2.44. The molecule has 1 aromatic carbocycles. The summed E-state index contributed by atoms with van der Waals surface area (Å²) in [4.78, 5) is 18.0. The topological polar surface area (TPSA) is 23.6 Å². The minimum atomic E-state index is 0.144. The van der Waals surface area contributed by atoms with Crippen molar-refractivity contribution < 1.29 is 4.79 Å². The van der Waals surface area contributed by atoms with Crippen LogP contribution in [-0.4, -0.2) is 54.2 Å². The maximum absolute atomic E-state index is 12.6. The van der Waals surface area contributed by atoms with Gasteiger partial charge in [0.2, 0.25) is 0 Å². The molecule has 1 aliphatic heterocycles. The Labute approximate surface area is 132 Å². The number of carbonyl (C=O) groups excluding carboxylic acids is 1. The fraction of sp³-hybridized carbons (Fsp3) is 0.588. The SMILES string of the molecule is CC(C)Sc1ccc(C(=O)N(C)C2CCN(C)CC2)cc1. The number of amides is 1. The van der Waals surface area contributed by atoms with Gasteiger partial charge in [-0.15, -0.1) is 11.8 Å². The van der Waals surface area contributed by atoms with Crippen molar-refractivity contribution >= 4 is 17.7 Å². The van der Waals surface area contributed by atoms with Crippen LogP contribution in [0.1, 0.15) is 37.0 Å². The van der Waals surface area contributed by atoms with Gasteiger partial charge in [0, 0.05) is 28.8 Å². The zero-order chi connectivity index (χ0) is 15.4. The smallest absolute Gasteiger partial charge is 0.253 e. The molecule has 3 nitrogen and oxygen atoms in total. The molecule has 1 heterocycles. The Morgan fingerprint density at radius 2 is 1.81 bits per heavy atom. The molecule has 116 valence electrons. The van der Waals surface area contributed by atoms with Crippen molar-refractivity contribution in [2.75, 3.05) is 27.2 Å². The average Bonchev–Trinajstić information content (AvgIpc) is 2.47. The third kappa shape index (κ3) is 4.48. The van der Waals surface area contributed by atoms with Gasteiger partial charge in [0.05, 0.1) is 0 Å². The number of piperidine rings is 1. The van der Waals surface area contributed by atoms with E-state index in [1.165, 1.54) is 4.90 Å². The maximum atomic E-state index is 12.6. The molecule has 0 spiro atoms. The summed E-state index contributed by atoms with van der Waals surface area (Å²) in [7, 11) is 4.08. The fourth-order valence-corrected chi connectivity index (χ4v) is 3.54. The Balaban J connectivity index is 1.98. The molecule has 0 bridgehead atoms. The number of carbonyl (C=O) groups is 1. The number of hydrogen-bond acceptors (Lipinski definition) is 3. The van der Waals surface area contributed by atoms with E-state index in [4.69, 9.17) is 0 Å².